The number of carbonyl (C=O) groups is 1. The van der Waals surface area contributed by atoms with E-state index in [-0.39, 0.29) is 11.9 Å². The number of anilines is 1. The maximum Gasteiger partial charge on any atom is 0.251 e. The molecule has 0 saturated carbocycles. The molecule has 0 aliphatic heterocycles. The van der Waals surface area contributed by atoms with E-state index in [0.29, 0.717) is 35.8 Å². The Morgan fingerprint density at radius 1 is 1.03 bits per heavy atom. The van der Waals surface area contributed by atoms with Crippen molar-refractivity contribution in [2.45, 2.75) is 26.8 Å². The molecule has 2 N–H and O–H groups in total. The minimum Gasteiger partial charge on any atom is -0.369 e. The van der Waals surface area contributed by atoms with Crippen LogP contribution >= 0.6 is 0 Å². The third-order valence-corrected chi connectivity index (χ3v) is 6.66. The van der Waals surface area contributed by atoms with Crippen LogP contribution in [-0.4, -0.2) is 88.2 Å². The predicted octanol–water partition coefficient (Wildman–Crippen LogP) is 3.89. The fraction of sp³-hybridized carbons (Fsp3) is 0.379. The van der Waals surface area contributed by atoms with Gasteiger partial charge in [0, 0.05) is 43.0 Å². The monoisotopic (exact) mass is 514 g/mol. The van der Waals surface area contributed by atoms with Crippen LogP contribution in [0.1, 0.15) is 31.1 Å². The van der Waals surface area contributed by atoms with E-state index in [2.05, 4.69) is 46.3 Å². The summed E-state index contributed by atoms with van der Waals surface area (Å²) in [6.07, 6.45) is 3.66. The van der Waals surface area contributed by atoms with Gasteiger partial charge in [-0.1, -0.05) is 44.2 Å². The van der Waals surface area contributed by atoms with E-state index in [9.17, 15) is 4.79 Å². The third-order valence-electron chi connectivity index (χ3n) is 6.66. The van der Waals surface area contributed by atoms with Gasteiger partial charge in [0.25, 0.3) is 5.91 Å². The van der Waals surface area contributed by atoms with Crippen LogP contribution in [0, 0.1) is 0 Å². The Morgan fingerprint density at radius 3 is 2.50 bits per heavy atom. The van der Waals surface area contributed by atoms with E-state index in [0.717, 1.165) is 36.5 Å². The van der Waals surface area contributed by atoms with Crippen molar-refractivity contribution in [2.24, 2.45) is 0 Å². The molecule has 1 aromatic carbocycles. The Hall–Kier alpha value is -3.82. The number of carbonyl (C=O) groups excluding carboxylic acids is 1. The number of rotatable bonds is 12. The first-order valence-corrected chi connectivity index (χ1v) is 13.2. The average molecular weight is 515 g/mol. The zero-order valence-corrected chi connectivity index (χ0v) is 23.0. The summed E-state index contributed by atoms with van der Waals surface area (Å²) in [4.78, 5) is 27.4. The van der Waals surface area contributed by atoms with Crippen LogP contribution in [0.5, 0.6) is 0 Å². The number of fused-ring (bicyclic) bond motifs is 1. The Kier molecular flexibility index (Phi) is 9.04. The number of benzene rings is 1. The standard InChI is InChI=1S/C29H38N8O/c1-6-36(7-2)21(3)19-31-29(38)23-17-26(33-27(18-23)30-14-16-35(4)5)24-20-32-37-15-13-25(34-28(24)37)22-11-9-8-10-12-22/h8-13,15,17-18,20-21H,6-7,14,16,19H2,1-5H3,(H,30,33)(H,31,38)/t21-/m0/s1. The topological polar surface area (TPSA) is 90.7 Å². The summed E-state index contributed by atoms with van der Waals surface area (Å²) < 4.78 is 1.74. The van der Waals surface area contributed by atoms with Gasteiger partial charge in [-0.3, -0.25) is 9.69 Å². The van der Waals surface area contributed by atoms with Crippen molar-refractivity contribution in [2.75, 3.05) is 52.1 Å². The molecular formula is C29H38N8O. The number of nitrogens with one attached hydrogen (secondary N) is 2. The number of pyridine rings is 1. The minimum atomic E-state index is -0.127. The summed E-state index contributed by atoms with van der Waals surface area (Å²) >= 11 is 0. The minimum absolute atomic E-state index is 0.127. The first-order valence-electron chi connectivity index (χ1n) is 13.2. The van der Waals surface area contributed by atoms with E-state index >= 15 is 0 Å². The van der Waals surface area contributed by atoms with Crippen LogP contribution in [0.25, 0.3) is 28.2 Å². The normalized spacial score (nSPS) is 12.3. The number of nitrogens with zero attached hydrogens (tertiary/aromatic N) is 6. The van der Waals surface area contributed by atoms with Crippen LogP contribution in [0.15, 0.2) is 60.9 Å². The SMILES string of the molecule is CCN(CC)[C@@H](C)CNC(=O)c1cc(NCCN(C)C)nc(-c2cnn3ccc(-c4ccccc4)nc23)c1. The lowest BCUT2D eigenvalue weighted by Crippen LogP contribution is -2.42. The van der Waals surface area contributed by atoms with Gasteiger partial charge < -0.3 is 15.5 Å². The largest absolute Gasteiger partial charge is 0.369 e. The molecule has 3 heterocycles. The van der Waals surface area contributed by atoms with Gasteiger partial charge in [0.1, 0.15) is 5.82 Å². The second kappa shape index (κ2) is 12.6. The molecule has 1 atom stereocenters. The van der Waals surface area contributed by atoms with Crippen molar-refractivity contribution in [3.63, 3.8) is 0 Å². The number of amides is 1. The smallest absolute Gasteiger partial charge is 0.251 e. The summed E-state index contributed by atoms with van der Waals surface area (Å²) in [5.74, 6) is 0.516. The molecule has 0 unspecified atom stereocenters. The summed E-state index contributed by atoms with van der Waals surface area (Å²) in [5.41, 5.74) is 4.53. The molecule has 3 aromatic heterocycles. The average Bonchev–Trinajstić information content (AvgIpc) is 3.36. The molecule has 0 spiro atoms. The molecule has 9 nitrogen and oxygen atoms in total. The van der Waals surface area contributed by atoms with Crippen molar-refractivity contribution in [1.82, 2.24) is 34.7 Å². The lowest BCUT2D eigenvalue weighted by Gasteiger charge is -2.26. The van der Waals surface area contributed by atoms with Crippen molar-refractivity contribution < 1.29 is 4.79 Å². The van der Waals surface area contributed by atoms with Gasteiger partial charge in [0.15, 0.2) is 5.65 Å². The second-order valence-electron chi connectivity index (χ2n) is 9.64. The highest BCUT2D eigenvalue weighted by Gasteiger charge is 2.17. The van der Waals surface area contributed by atoms with Gasteiger partial charge in [-0.05, 0) is 52.3 Å². The van der Waals surface area contributed by atoms with E-state index in [1.807, 2.05) is 68.8 Å². The highest BCUT2D eigenvalue weighted by molar-refractivity contribution is 5.96. The quantitative estimate of drug-likeness (QED) is 0.296. The predicted molar refractivity (Wildman–Crippen MR) is 153 cm³/mol. The zero-order chi connectivity index (χ0) is 27.1. The molecule has 0 radical (unpaired) electrons. The van der Waals surface area contributed by atoms with Gasteiger partial charge in [0.2, 0.25) is 0 Å². The van der Waals surface area contributed by atoms with Gasteiger partial charge in [-0.15, -0.1) is 0 Å². The highest BCUT2D eigenvalue weighted by Crippen LogP contribution is 2.27. The van der Waals surface area contributed by atoms with Crippen LogP contribution in [0.4, 0.5) is 5.82 Å². The molecule has 0 bridgehead atoms. The summed E-state index contributed by atoms with van der Waals surface area (Å²) in [5, 5.41) is 11.0. The third kappa shape index (κ3) is 6.54. The number of hydrogen-bond acceptors (Lipinski definition) is 7. The van der Waals surface area contributed by atoms with E-state index in [1.165, 1.54) is 0 Å². The van der Waals surface area contributed by atoms with Crippen molar-refractivity contribution in [3.05, 3.63) is 66.5 Å². The molecule has 200 valence electrons. The van der Waals surface area contributed by atoms with Crippen LogP contribution in [0.3, 0.4) is 0 Å². The molecule has 9 heteroatoms. The Bertz CT molecular complexity index is 1350. The Morgan fingerprint density at radius 2 is 1.79 bits per heavy atom. The maximum absolute atomic E-state index is 13.3. The molecule has 0 aliphatic carbocycles. The molecule has 0 fully saturated rings. The summed E-state index contributed by atoms with van der Waals surface area (Å²) in [7, 11) is 4.05. The van der Waals surface area contributed by atoms with E-state index in [1.54, 1.807) is 10.7 Å². The van der Waals surface area contributed by atoms with Crippen molar-refractivity contribution >= 4 is 17.4 Å². The van der Waals surface area contributed by atoms with Crippen molar-refractivity contribution in [3.8, 4) is 22.5 Å². The maximum atomic E-state index is 13.3. The van der Waals surface area contributed by atoms with Gasteiger partial charge in [-0.25, -0.2) is 14.5 Å². The Labute approximate surface area is 224 Å². The number of hydrogen-bond donors (Lipinski definition) is 2. The highest BCUT2D eigenvalue weighted by atomic mass is 16.1. The van der Waals surface area contributed by atoms with E-state index < -0.39 is 0 Å². The molecular weight excluding hydrogens is 476 g/mol. The second-order valence-corrected chi connectivity index (χ2v) is 9.64. The zero-order valence-electron chi connectivity index (χ0n) is 23.0. The lowest BCUT2D eigenvalue weighted by atomic mass is 10.1. The first kappa shape index (κ1) is 27.2. The summed E-state index contributed by atoms with van der Waals surface area (Å²) in [6.45, 7) is 10.4. The van der Waals surface area contributed by atoms with Gasteiger partial charge in [-0.2, -0.15) is 5.10 Å². The first-order chi connectivity index (χ1) is 18.4. The molecule has 1 amide bonds. The van der Waals surface area contributed by atoms with Gasteiger partial charge in [0.05, 0.1) is 23.1 Å². The molecule has 0 saturated heterocycles. The molecule has 0 aliphatic rings. The molecule has 38 heavy (non-hydrogen) atoms. The van der Waals surface area contributed by atoms with Crippen LogP contribution < -0.4 is 10.6 Å². The number of likely N-dealkylation sites (N-methyl/N-ethyl adjacent to an activating group) is 2. The molecule has 4 rings (SSSR count). The van der Waals surface area contributed by atoms with Crippen LogP contribution in [-0.2, 0) is 0 Å². The van der Waals surface area contributed by atoms with Crippen LogP contribution in [0.2, 0.25) is 0 Å². The lowest BCUT2D eigenvalue weighted by molar-refractivity contribution is 0.0938. The van der Waals surface area contributed by atoms with E-state index in [4.69, 9.17) is 9.97 Å². The fourth-order valence-electron chi connectivity index (χ4n) is 4.44. The molecule has 4 aromatic rings. The number of aromatic nitrogens is 4. The Balaban J connectivity index is 1.67. The fourth-order valence-corrected chi connectivity index (χ4v) is 4.44. The summed E-state index contributed by atoms with van der Waals surface area (Å²) in [6, 6.07) is 15.9. The van der Waals surface area contributed by atoms with Crippen molar-refractivity contribution in [1.29, 1.82) is 0 Å². The van der Waals surface area contributed by atoms with Gasteiger partial charge >= 0.3 is 0 Å².